The molecule has 0 amide bonds. The predicted octanol–water partition coefficient (Wildman–Crippen LogP) is 2.42. The van der Waals surface area contributed by atoms with Gasteiger partial charge in [-0.2, -0.15) is 0 Å². The summed E-state index contributed by atoms with van der Waals surface area (Å²) >= 11 is 1.78. The lowest BCUT2D eigenvalue weighted by molar-refractivity contribution is 0.247. The minimum absolute atomic E-state index is 0.923. The first-order valence-corrected chi connectivity index (χ1v) is 8.42. The number of piperazine rings is 1. The Morgan fingerprint density at radius 1 is 1.18 bits per heavy atom. The summed E-state index contributed by atoms with van der Waals surface area (Å²) in [6, 6.07) is 6.11. The maximum absolute atomic E-state index is 4.68. The summed E-state index contributed by atoms with van der Waals surface area (Å²) in [7, 11) is 0. The highest BCUT2D eigenvalue weighted by Gasteiger charge is 2.19. The number of thiazole rings is 1. The van der Waals surface area contributed by atoms with E-state index in [2.05, 4.69) is 43.5 Å². The lowest BCUT2D eigenvalue weighted by Crippen LogP contribution is -2.46. The average molecular weight is 313 g/mol. The number of pyridine rings is 1. The Labute approximate surface area is 133 Å². The van der Waals surface area contributed by atoms with Gasteiger partial charge >= 0.3 is 0 Å². The molecule has 3 aromatic rings. The molecule has 0 aliphatic carbocycles. The molecule has 3 aromatic heterocycles. The molecule has 4 rings (SSSR count). The summed E-state index contributed by atoms with van der Waals surface area (Å²) in [5.41, 5.74) is 2.17. The molecule has 0 atom stereocenters. The summed E-state index contributed by atoms with van der Waals surface area (Å²) in [5, 5.41) is 1.16. The molecule has 1 aliphatic heterocycles. The number of aromatic nitrogens is 3. The Morgan fingerprint density at radius 2 is 2.05 bits per heavy atom. The molecule has 22 heavy (non-hydrogen) atoms. The van der Waals surface area contributed by atoms with Crippen LogP contribution in [0, 0.1) is 6.92 Å². The van der Waals surface area contributed by atoms with Crippen LogP contribution in [-0.2, 0) is 6.54 Å². The van der Waals surface area contributed by atoms with Crippen LogP contribution in [0.4, 0.5) is 5.13 Å². The van der Waals surface area contributed by atoms with Gasteiger partial charge in [-0.3, -0.25) is 4.90 Å². The van der Waals surface area contributed by atoms with Gasteiger partial charge in [0, 0.05) is 56.2 Å². The molecule has 0 unspecified atom stereocenters. The van der Waals surface area contributed by atoms with E-state index < -0.39 is 0 Å². The third-order valence-electron chi connectivity index (χ3n) is 4.05. The van der Waals surface area contributed by atoms with E-state index >= 15 is 0 Å². The zero-order valence-electron chi connectivity index (χ0n) is 12.6. The van der Waals surface area contributed by atoms with E-state index in [1.807, 2.05) is 24.4 Å². The van der Waals surface area contributed by atoms with Gasteiger partial charge in [0.1, 0.15) is 5.65 Å². The van der Waals surface area contributed by atoms with Crippen molar-refractivity contribution in [1.29, 1.82) is 0 Å². The Balaban J connectivity index is 1.39. The molecule has 0 N–H and O–H groups in total. The third-order valence-corrected chi connectivity index (χ3v) is 5.02. The molecular weight excluding hydrogens is 294 g/mol. The van der Waals surface area contributed by atoms with E-state index in [1.165, 1.54) is 4.88 Å². The number of aryl methyl sites for hydroxylation is 1. The van der Waals surface area contributed by atoms with Crippen LogP contribution in [0.3, 0.4) is 0 Å². The highest BCUT2D eigenvalue weighted by molar-refractivity contribution is 7.15. The minimum atomic E-state index is 0.923. The highest BCUT2D eigenvalue weighted by Crippen LogP contribution is 2.23. The van der Waals surface area contributed by atoms with Crippen LogP contribution < -0.4 is 4.90 Å². The van der Waals surface area contributed by atoms with E-state index in [-0.39, 0.29) is 0 Å². The van der Waals surface area contributed by atoms with Gasteiger partial charge in [-0.05, 0) is 19.1 Å². The number of hydrogen-bond donors (Lipinski definition) is 0. The van der Waals surface area contributed by atoms with Gasteiger partial charge in [0.2, 0.25) is 0 Å². The molecule has 1 saturated heterocycles. The first-order chi connectivity index (χ1) is 10.8. The van der Waals surface area contributed by atoms with Crippen molar-refractivity contribution in [2.75, 3.05) is 31.1 Å². The lowest BCUT2D eigenvalue weighted by Gasteiger charge is -2.34. The van der Waals surface area contributed by atoms with E-state index in [1.54, 1.807) is 11.3 Å². The summed E-state index contributed by atoms with van der Waals surface area (Å²) < 4.78 is 2.09. The molecule has 0 aromatic carbocycles. The minimum Gasteiger partial charge on any atom is -0.346 e. The molecular formula is C16H19N5S. The average Bonchev–Trinajstić information content (AvgIpc) is 3.13. The van der Waals surface area contributed by atoms with Crippen LogP contribution in [0.1, 0.15) is 10.6 Å². The Morgan fingerprint density at radius 3 is 2.77 bits per heavy atom. The molecule has 0 saturated carbocycles. The van der Waals surface area contributed by atoms with Crippen molar-refractivity contribution in [3.05, 3.63) is 47.4 Å². The topological polar surface area (TPSA) is 36.7 Å². The first kappa shape index (κ1) is 13.7. The van der Waals surface area contributed by atoms with E-state index in [0.29, 0.717) is 0 Å². The Hall–Kier alpha value is -1.92. The Bertz CT molecular complexity index is 737. The van der Waals surface area contributed by atoms with Crippen molar-refractivity contribution in [2.24, 2.45) is 0 Å². The van der Waals surface area contributed by atoms with Crippen molar-refractivity contribution in [3.63, 3.8) is 0 Å². The monoisotopic (exact) mass is 313 g/mol. The molecule has 1 fully saturated rings. The number of rotatable bonds is 3. The fraction of sp³-hybridized carbons (Fsp3) is 0.375. The van der Waals surface area contributed by atoms with Crippen LogP contribution in [0.5, 0.6) is 0 Å². The van der Waals surface area contributed by atoms with Crippen LogP contribution in [0.25, 0.3) is 5.65 Å². The predicted molar refractivity (Wildman–Crippen MR) is 89.5 cm³/mol. The van der Waals surface area contributed by atoms with E-state index in [4.69, 9.17) is 0 Å². The second kappa shape index (κ2) is 5.70. The maximum Gasteiger partial charge on any atom is 0.185 e. The van der Waals surface area contributed by atoms with Gasteiger partial charge in [0.15, 0.2) is 5.13 Å². The smallest absolute Gasteiger partial charge is 0.185 e. The zero-order valence-corrected chi connectivity index (χ0v) is 13.5. The van der Waals surface area contributed by atoms with E-state index in [0.717, 1.165) is 49.2 Å². The van der Waals surface area contributed by atoms with Gasteiger partial charge in [-0.15, -0.1) is 11.3 Å². The summed E-state index contributed by atoms with van der Waals surface area (Å²) in [6.45, 7) is 7.24. The maximum atomic E-state index is 4.68. The summed E-state index contributed by atoms with van der Waals surface area (Å²) in [6.07, 6.45) is 6.14. The van der Waals surface area contributed by atoms with Crippen LogP contribution in [0.2, 0.25) is 0 Å². The fourth-order valence-electron chi connectivity index (χ4n) is 2.88. The van der Waals surface area contributed by atoms with Gasteiger partial charge in [0.05, 0.1) is 5.69 Å². The number of hydrogen-bond acceptors (Lipinski definition) is 5. The SMILES string of the molecule is Cc1cnc(N2CCN(Cc3cn4ccccc4n3)CC2)s1. The van der Waals surface area contributed by atoms with Gasteiger partial charge < -0.3 is 9.30 Å². The van der Waals surface area contributed by atoms with Crippen molar-refractivity contribution in [1.82, 2.24) is 19.3 Å². The van der Waals surface area contributed by atoms with Crippen LogP contribution in [-0.4, -0.2) is 45.4 Å². The summed E-state index contributed by atoms with van der Waals surface area (Å²) in [4.78, 5) is 15.3. The number of nitrogens with zero attached hydrogens (tertiary/aromatic N) is 5. The third kappa shape index (κ3) is 2.71. The number of fused-ring (bicyclic) bond motifs is 1. The fourth-order valence-corrected chi connectivity index (χ4v) is 3.69. The van der Waals surface area contributed by atoms with Crippen LogP contribution in [0.15, 0.2) is 36.8 Å². The molecule has 5 nitrogen and oxygen atoms in total. The molecule has 1 aliphatic rings. The first-order valence-electron chi connectivity index (χ1n) is 7.60. The quantitative estimate of drug-likeness (QED) is 0.744. The largest absolute Gasteiger partial charge is 0.346 e. The highest BCUT2D eigenvalue weighted by atomic mass is 32.1. The zero-order chi connectivity index (χ0) is 14.9. The van der Waals surface area contributed by atoms with Gasteiger partial charge in [0.25, 0.3) is 0 Å². The molecule has 0 bridgehead atoms. The molecule has 0 radical (unpaired) electrons. The van der Waals surface area contributed by atoms with Crippen LogP contribution >= 0.6 is 11.3 Å². The second-order valence-corrected chi connectivity index (χ2v) is 6.93. The molecule has 6 heteroatoms. The molecule has 4 heterocycles. The van der Waals surface area contributed by atoms with Crippen molar-refractivity contribution in [3.8, 4) is 0 Å². The standard InChI is InChI=1S/C16H19N5S/c1-13-10-17-16(22-13)20-8-6-19(7-9-20)11-14-12-21-5-3-2-4-15(21)18-14/h2-5,10,12H,6-9,11H2,1H3. The van der Waals surface area contributed by atoms with Crippen molar-refractivity contribution in [2.45, 2.75) is 13.5 Å². The lowest BCUT2D eigenvalue weighted by atomic mass is 10.3. The van der Waals surface area contributed by atoms with Gasteiger partial charge in [-0.1, -0.05) is 6.07 Å². The van der Waals surface area contributed by atoms with E-state index in [9.17, 15) is 0 Å². The van der Waals surface area contributed by atoms with Gasteiger partial charge in [-0.25, -0.2) is 9.97 Å². The normalized spacial score (nSPS) is 16.5. The van der Waals surface area contributed by atoms with Crippen molar-refractivity contribution >= 4 is 22.1 Å². The number of anilines is 1. The Kier molecular flexibility index (Phi) is 3.56. The second-order valence-electron chi connectivity index (χ2n) is 5.72. The number of imidazole rings is 1. The molecule has 114 valence electrons. The van der Waals surface area contributed by atoms with Crippen molar-refractivity contribution < 1.29 is 0 Å². The molecule has 0 spiro atoms. The summed E-state index contributed by atoms with van der Waals surface area (Å²) in [5.74, 6) is 0.